The van der Waals surface area contributed by atoms with Crippen LogP contribution in [0, 0.1) is 0 Å². The predicted molar refractivity (Wildman–Crippen MR) is 68.9 cm³/mol. The molecule has 2 bridgehead atoms. The molecule has 5 nitrogen and oxygen atoms in total. The summed E-state index contributed by atoms with van der Waals surface area (Å²) in [4.78, 5) is 0. The summed E-state index contributed by atoms with van der Waals surface area (Å²) in [6.07, 6.45) is 5.83. The molecule has 0 aromatic carbocycles. The molecule has 0 aromatic heterocycles. The Morgan fingerprint density at radius 1 is 1.11 bits per heavy atom. The molecule has 3 aliphatic rings. The van der Waals surface area contributed by atoms with Crippen LogP contribution >= 0.6 is 0 Å². The van der Waals surface area contributed by atoms with E-state index < -0.39 is 10.0 Å². The minimum absolute atomic E-state index is 0.121. The molecule has 3 heterocycles. The van der Waals surface area contributed by atoms with E-state index in [0.717, 1.165) is 25.7 Å². The van der Waals surface area contributed by atoms with Gasteiger partial charge in [0.15, 0.2) is 0 Å². The summed E-state index contributed by atoms with van der Waals surface area (Å²) in [6.45, 7) is 1.05. The van der Waals surface area contributed by atoms with Gasteiger partial charge >= 0.3 is 0 Å². The van der Waals surface area contributed by atoms with Gasteiger partial charge in [0.1, 0.15) is 0 Å². The fourth-order valence-electron chi connectivity index (χ4n) is 3.44. The van der Waals surface area contributed by atoms with Crippen molar-refractivity contribution in [3.8, 4) is 0 Å². The van der Waals surface area contributed by atoms with Crippen LogP contribution in [0.15, 0.2) is 0 Å². The molecule has 0 saturated carbocycles. The first-order valence-corrected chi connectivity index (χ1v) is 8.53. The predicted octanol–water partition coefficient (Wildman–Crippen LogP) is 0.368. The molecule has 3 rings (SSSR count). The third-order valence-electron chi connectivity index (χ3n) is 4.36. The van der Waals surface area contributed by atoms with Gasteiger partial charge in [-0.05, 0) is 38.5 Å². The number of ether oxygens (including phenoxy) is 1. The molecule has 18 heavy (non-hydrogen) atoms. The molecule has 3 fully saturated rings. The van der Waals surface area contributed by atoms with Crippen LogP contribution in [0.5, 0.6) is 0 Å². The quantitative estimate of drug-likeness (QED) is 0.780. The van der Waals surface area contributed by atoms with Crippen LogP contribution in [0.4, 0.5) is 0 Å². The van der Waals surface area contributed by atoms with Crippen LogP contribution in [0.2, 0.25) is 0 Å². The number of hydrogen-bond donors (Lipinski definition) is 2. The highest BCUT2D eigenvalue weighted by atomic mass is 32.2. The fraction of sp³-hybridized carbons (Fsp3) is 1.00. The molecule has 3 atom stereocenters. The van der Waals surface area contributed by atoms with Gasteiger partial charge in [0.2, 0.25) is 10.0 Å². The summed E-state index contributed by atoms with van der Waals surface area (Å²) in [5, 5.41) is 3.18. The second kappa shape index (κ2) is 5.07. The van der Waals surface area contributed by atoms with Crippen LogP contribution in [0.25, 0.3) is 0 Å². The van der Waals surface area contributed by atoms with E-state index in [1.165, 1.54) is 12.8 Å². The minimum atomic E-state index is -3.20. The summed E-state index contributed by atoms with van der Waals surface area (Å²) in [5.74, 6) is 0. The van der Waals surface area contributed by atoms with Gasteiger partial charge in [0.05, 0.1) is 11.9 Å². The number of rotatable bonds is 3. The Balaban J connectivity index is 1.61. The Bertz CT molecular complexity index is 380. The van der Waals surface area contributed by atoms with Crippen molar-refractivity contribution < 1.29 is 13.2 Å². The lowest BCUT2D eigenvalue weighted by atomic mass is 10.0. The summed E-state index contributed by atoms with van der Waals surface area (Å²) < 4.78 is 32.8. The smallest absolute Gasteiger partial charge is 0.217 e. The van der Waals surface area contributed by atoms with Crippen molar-refractivity contribution in [3.05, 3.63) is 0 Å². The van der Waals surface area contributed by atoms with E-state index in [4.69, 9.17) is 4.74 Å². The van der Waals surface area contributed by atoms with Crippen molar-refractivity contribution in [1.82, 2.24) is 10.0 Å². The highest BCUT2D eigenvalue weighted by molar-refractivity contribution is 7.90. The lowest BCUT2D eigenvalue weighted by Gasteiger charge is -2.31. The molecule has 104 valence electrons. The number of fused-ring (bicyclic) bond motifs is 2. The van der Waals surface area contributed by atoms with Gasteiger partial charge in [-0.15, -0.1) is 0 Å². The van der Waals surface area contributed by atoms with Crippen molar-refractivity contribution in [3.63, 3.8) is 0 Å². The molecule has 0 aliphatic carbocycles. The maximum absolute atomic E-state index is 12.3. The summed E-state index contributed by atoms with van der Waals surface area (Å²) in [6, 6.07) is 1.15. The third kappa shape index (κ3) is 2.71. The number of nitrogens with one attached hydrogen (secondary N) is 2. The topological polar surface area (TPSA) is 67.4 Å². The highest BCUT2D eigenvalue weighted by Gasteiger charge is 2.37. The normalized spacial score (nSPS) is 40.9. The minimum Gasteiger partial charge on any atom is -0.380 e. The third-order valence-corrected chi connectivity index (χ3v) is 6.27. The van der Waals surface area contributed by atoms with Gasteiger partial charge < -0.3 is 10.1 Å². The van der Waals surface area contributed by atoms with Crippen molar-refractivity contribution in [2.75, 3.05) is 13.2 Å². The first-order valence-electron chi connectivity index (χ1n) is 6.98. The van der Waals surface area contributed by atoms with Gasteiger partial charge in [-0.25, -0.2) is 13.1 Å². The standard InChI is InChI=1S/C12H22N2O3S/c15-18(16,12-2-1-5-17-8-12)14-11-6-9-3-4-10(7-11)13-9/h9-14H,1-8H2. The maximum Gasteiger partial charge on any atom is 0.217 e. The molecule has 0 amide bonds. The van der Waals surface area contributed by atoms with E-state index in [9.17, 15) is 8.42 Å². The van der Waals surface area contributed by atoms with Crippen molar-refractivity contribution >= 4 is 10.0 Å². The molecule has 6 heteroatoms. The summed E-state index contributed by atoms with van der Waals surface area (Å²) >= 11 is 0. The second-order valence-corrected chi connectivity index (χ2v) is 7.80. The number of sulfonamides is 1. The first-order chi connectivity index (χ1) is 8.63. The average molecular weight is 274 g/mol. The van der Waals surface area contributed by atoms with Gasteiger partial charge in [-0.3, -0.25) is 0 Å². The van der Waals surface area contributed by atoms with Crippen LogP contribution in [0.3, 0.4) is 0 Å². The molecule has 3 unspecified atom stereocenters. The van der Waals surface area contributed by atoms with Gasteiger partial charge in [-0.1, -0.05) is 0 Å². The zero-order valence-electron chi connectivity index (χ0n) is 10.6. The monoisotopic (exact) mass is 274 g/mol. The Morgan fingerprint density at radius 2 is 1.83 bits per heavy atom. The number of piperidine rings is 1. The van der Waals surface area contributed by atoms with Gasteiger partial charge in [0, 0.05) is 24.7 Å². The lowest BCUT2D eigenvalue weighted by molar-refractivity contribution is 0.0986. The molecule has 3 saturated heterocycles. The molecular formula is C12H22N2O3S. The largest absolute Gasteiger partial charge is 0.380 e. The Hall–Kier alpha value is -0.170. The van der Waals surface area contributed by atoms with Crippen LogP contribution < -0.4 is 10.0 Å². The SMILES string of the molecule is O=S(=O)(NC1CC2CCC(C1)N2)C1CCCOC1. The molecule has 3 aliphatic heterocycles. The first kappa shape index (κ1) is 12.8. The lowest BCUT2D eigenvalue weighted by Crippen LogP contribution is -2.51. The average Bonchev–Trinajstić information content (AvgIpc) is 2.69. The van der Waals surface area contributed by atoms with E-state index in [1.54, 1.807) is 0 Å². The Labute approximate surface area is 109 Å². The van der Waals surface area contributed by atoms with Gasteiger partial charge in [-0.2, -0.15) is 0 Å². The van der Waals surface area contributed by atoms with Gasteiger partial charge in [0.25, 0.3) is 0 Å². The second-order valence-electron chi connectivity index (χ2n) is 5.81. The number of hydrogen-bond acceptors (Lipinski definition) is 4. The Kier molecular flexibility index (Phi) is 3.62. The fourth-order valence-corrected chi connectivity index (χ4v) is 5.04. The molecular weight excluding hydrogens is 252 g/mol. The summed E-state index contributed by atoms with van der Waals surface area (Å²) in [7, 11) is -3.20. The zero-order valence-corrected chi connectivity index (χ0v) is 11.4. The molecule has 0 spiro atoms. The van der Waals surface area contributed by atoms with Crippen LogP contribution in [-0.2, 0) is 14.8 Å². The van der Waals surface area contributed by atoms with E-state index in [2.05, 4.69) is 10.0 Å². The maximum atomic E-state index is 12.3. The van der Waals surface area contributed by atoms with E-state index >= 15 is 0 Å². The molecule has 2 N–H and O–H groups in total. The van der Waals surface area contributed by atoms with E-state index in [1.807, 2.05) is 0 Å². The Morgan fingerprint density at radius 3 is 2.44 bits per heavy atom. The van der Waals surface area contributed by atoms with Crippen LogP contribution in [-0.4, -0.2) is 45.0 Å². The van der Waals surface area contributed by atoms with Crippen molar-refractivity contribution in [1.29, 1.82) is 0 Å². The van der Waals surface area contributed by atoms with Crippen molar-refractivity contribution in [2.45, 2.75) is 61.9 Å². The molecule has 0 radical (unpaired) electrons. The van der Waals surface area contributed by atoms with E-state index in [-0.39, 0.29) is 11.3 Å². The highest BCUT2D eigenvalue weighted by Crippen LogP contribution is 2.27. The van der Waals surface area contributed by atoms with Crippen molar-refractivity contribution in [2.24, 2.45) is 0 Å². The molecule has 0 aromatic rings. The zero-order chi connectivity index (χ0) is 12.6. The van der Waals surface area contributed by atoms with E-state index in [0.29, 0.717) is 25.3 Å². The van der Waals surface area contributed by atoms with Crippen LogP contribution in [0.1, 0.15) is 38.5 Å². The summed E-state index contributed by atoms with van der Waals surface area (Å²) in [5.41, 5.74) is 0.